The number of aryl methyl sites for hydroxylation is 1. The summed E-state index contributed by atoms with van der Waals surface area (Å²) in [6, 6.07) is 7.99. The second-order valence-corrected chi connectivity index (χ2v) is 8.99. The standard InChI is InChI=1S/C18H13F4N3O2S2/c19-14-6-5-11(9-13(14)18(20,21)22)29(26,27)24-15-4-2-1-3-12(15)16-10-25-7-8-28-17(25)23-16/h1-6,9-10,24H,7-8H2. The van der Waals surface area contributed by atoms with Gasteiger partial charge in [-0.1, -0.05) is 30.0 Å². The molecule has 3 aromatic rings. The van der Waals surface area contributed by atoms with Gasteiger partial charge in [0.15, 0.2) is 5.16 Å². The highest BCUT2D eigenvalue weighted by Crippen LogP contribution is 2.35. The summed E-state index contributed by atoms with van der Waals surface area (Å²) in [5.74, 6) is -0.634. The second-order valence-electron chi connectivity index (χ2n) is 6.24. The minimum atomic E-state index is -5.01. The van der Waals surface area contributed by atoms with Gasteiger partial charge >= 0.3 is 6.18 Å². The SMILES string of the molecule is O=S(=O)(Nc1ccccc1-c1cn2c(n1)SCC2)c1ccc(F)c(C(F)(F)F)c1. The monoisotopic (exact) mass is 443 g/mol. The number of benzene rings is 2. The summed E-state index contributed by atoms with van der Waals surface area (Å²) < 4.78 is 81.9. The molecule has 0 amide bonds. The quantitative estimate of drug-likeness (QED) is 0.598. The first-order valence-electron chi connectivity index (χ1n) is 8.34. The maximum absolute atomic E-state index is 13.5. The highest BCUT2D eigenvalue weighted by molar-refractivity contribution is 7.99. The molecule has 0 atom stereocenters. The fraction of sp³-hybridized carbons (Fsp3) is 0.167. The topological polar surface area (TPSA) is 64.0 Å². The molecule has 0 spiro atoms. The molecular formula is C18H13F4N3O2S2. The minimum absolute atomic E-state index is 0.159. The van der Waals surface area contributed by atoms with Crippen LogP contribution in [0.25, 0.3) is 11.3 Å². The number of para-hydroxylation sites is 1. The number of sulfonamides is 1. The second kappa shape index (κ2) is 7.06. The van der Waals surface area contributed by atoms with E-state index in [1.165, 1.54) is 6.07 Å². The van der Waals surface area contributed by atoms with Crippen LogP contribution in [0.5, 0.6) is 0 Å². The molecule has 0 saturated heterocycles. The number of alkyl halides is 3. The molecule has 11 heteroatoms. The maximum Gasteiger partial charge on any atom is 0.419 e. The van der Waals surface area contributed by atoms with E-state index in [0.29, 0.717) is 17.3 Å². The zero-order valence-electron chi connectivity index (χ0n) is 14.6. The Balaban J connectivity index is 1.71. The lowest BCUT2D eigenvalue weighted by Gasteiger charge is -2.13. The molecule has 0 unspecified atom stereocenters. The fourth-order valence-corrected chi connectivity index (χ4v) is 4.98. The van der Waals surface area contributed by atoms with Crippen LogP contribution in [0.4, 0.5) is 23.2 Å². The Bertz CT molecular complexity index is 1170. The van der Waals surface area contributed by atoms with Crippen molar-refractivity contribution in [2.75, 3.05) is 10.5 Å². The smallest absolute Gasteiger partial charge is 0.325 e. The van der Waals surface area contributed by atoms with Crippen LogP contribution in [-0.2, 0) is 22.7 Å². The van der Waals surface area contributed by atoms with Crippen LogP contribution in [0, 0.1) is 5.82 Å². The number of aromatic nitrogens is 2. The van der Waals surface area contributed by atoms with Gasteiger partial charge in [0.25, 0.3) is 10.0 Å². The Kier molecular flexibility index (Phi) is 4.82. The predicted molar refractivity (Wildman–Crippen MR) is 101 cm³/mol. The number of halogens is 4. The summed E-state index contributed by atoms with van der Waals surface area (Å²) in [6.07, 6.45) is -3.22. The number of hydrogen-bond donors (Lipinski definition) is 1. The average Bonchev–Trinajstić information content (AvgIpc) is 3.23. The number of anilines is 1. The molecule has 152 valence electrons. The van der Waals surface area contributed by atoms with Crippen LogP contribution >= 0.6 is 11.8 Å². The summed E-state index contributed by atoms with van der Waals surface area (Å²) in [4.78, 5) is 3.78. The van der Waals surface area contributed by atoms with E-state index in [9.17, 15) is 26.0 Å². The van der Waals surface area contributed by atoms with Crippen molar-refractivity contribution < 1.29 is 26.0 Å². The van der Waals surface area contributed by atoms with Crippen LogP contribution in [0.15, 0.2) is 58.7 Å². The van der Waals surface area contributed by atoms with Crippen molar-refractivity contribution in [2.45, 2.75) is 22.8 Å². The summed E-state index contributed by atoms with van der Waals surface area (Å²) >= 11 is 1.58. The third-order valence-corrected chi connectivity index (χ3v) is 6.64. The van der Waals surface area contributed by atoms with Crippen LogP contribution in [0.2, 0.25) is 0 Å². The van der Waals surface area contributed by atoms with Gasteiger partial charge in [-0.2, -0.15) is 13.2 Å². The fourth-order valence-electron chi connectivity index (χ4n) is 2.93. The summed E-state index contributed by atoms with van der Waals surface area (Å²) in [5, 5.41) is 0.811. The van der Waals surface area contributed by atoms with E-state index in [1.54, 1.807) is 36.2 Å². The lowest BCUT2D eigenvalue weighted by Crippen LogP contribution is -2.16. The van der Waals surface area contributed by atoms with E-state index < -0.39 is 32.5 Å². The molecule has 1 aromatic heterocycles. The number of rotatable bonds is 4. The predicted octanol–water partition coefficient (Wildman–Crippen LogP) is 4.61. The molecule has 1 aliphatic heterocycles. The summed E-state index contributed by atoms with van der Waals surface area (Å²) in [5.41, 5.74) is -0.458. The number of nitrogens with zero attached hydrogens (tertiary/aromatic N) is 2. The van der Waals surface area contributed by atoms with Gasteiger partial charge in [0.05, 0.1) is 21.8 Å². The first-order valence-corrected chi connectivity index (χ1v) is 10.8. The zero-order chi connectivity index (χ0) is 20.8. The molecule has 1 aliphatic rings. The molecule has 0 saturated carbocycles. The van der Waals surface area contributed by atoms with Crippen molar-refractivity contribution in [3.8, 4) is 11.3 Å². The third-order valence-electron chi connectivity index (χ3n) is 4.30. The Labute approximate surface area is 167 Å². The number of thioether (sulfide) groups is 1. The summed E-state index contributed by atoms with van der Waals surface area (Å²) in [7, 11) is -4.39. The highest BCUT2D eigenvalue weighted by atomic mass is 32.2. The van der Waals surface area contributed by atoms with Gasteiger partial charge in [0, 0.05) is 24.1 Å². The molecule has 0 bridgehead atoms. The molecule has 4 rings (SSSR count). The van der Waals surface area contributed by atoms with E-state index in [0.717, 1.165) is 23.5 Å². The number of nitrogens with one attached hydrogen (secondary N) is 1. The number of imidazole rings is 1. The molecular weight excluding hydrogens is 430 g/mol. The highest BCUT2D eigenvalue weighted by Gasteiger charge is 2.35. The van der Waals surface area contributed by atoms with Crippen molar-refractivity contribution in [1.29, 1.82) is 0 Å². The Morgan fingerprint density at radius 2 is 1.90 bits per heavy atom. The van der Waals surface area contributed by atoms with Gasteiger partial charge in [-0.3, -0.25) is 4.72 Å². The van der Waals surface area contributed by atoms with Gasteiger partial charge in [-0.15, -0.1) is 0 Å². The van der Waals surface area contributed by atoms with Crippen LogP contribution in [0.3, 0.4) is 0 Å². The Morgan fingerprint density at radius 3 is 2.62 bits per heavy atom. The lowest BCUT2D eigenvalue weighted by molar-refractivity contribution is -0.140. The molecule has 0 radical (unpaired) electrons. The van der Waals surface area contributed by atoms with Crippen molar-refractivity contribution in [3.63, 3.8) is 0 Å². The molecule has 0 fully saturated rings. The van der Waals surface area contributed by atoms with Gasteiger partial charge in [0.2, 0.25) is 0 Å². The lowest BCUT2D eigenvalue weighted by atomic mass is 10.1. The van der Waals surface area contributed by atoms with E-state index in [2.05, 4.69) is 9.71 Å². The van der Waals surface area contributed by atoms with E-state index in [1.807, 2.05) is 4.57 Å². The molecule has 0 aliphatic carbocycles. The minimum Gasteiger partial charge on any atom is -0.325 e. The number of hydrogen-bond acceptors (Lipinski definition) is 4. The molecule has 2 heterocycles. The Hall–Kier alpha value is -2.53. The normalized spacial score (nSPS) is 14.1. The molecule has 1 N–H and O–H groups in total. The van der Waals surface area contributed by atoms with Crippen LogP contribution < -0.4 is 4.72 Å². The van der Waals surface area contributed by atoms with Gasteiger partial charge in [0.1, 0.15) is 5.82 Å². The van der Waals surface area contributed by atoms with Gasteiger partial charge in [-0.05, 0) is 24.3 Å². The zero-order valence-corrected chi connectivity index (χ0v) is 16.2. The third kappa shape index (κ3) is 3.84. The van der Waals surface area contributed by atoms with Crippen molar-refractivity contribution in [2.24, 2.45) is 0 Å². The first kappa shape index (κ1) is 19.8. The first-order chi connectivity index (χ1) is 13.6. The van der Waals surface area contributed by atoms with E-state index in [4.69, 9.17) is 0 Å². The summed E-state index contributed by atoms with van der Waals surface area (Å²) in [6.45, 7) is 0.788. The van der Waals surface area contributed by atoms with Crippen molar-refractivity contribution in [3.05, 3.63) is 60.0 Å². The van der Waals surface area contributed by atoms with Crippen molar-refractivity contribution >= 4 is 27.5 Å². The largest absolute Gasteiger partial charge is 0.419 e. The van der Waals surface area contributed by atoms with E-state index >= 15 is 0 Å². The maximum atomic E-state index is 13.5. The molecule has 5 nitrogen and oxygen atoms in total. The Morgan fingerprint density at radius 1 is 1.14 bits per heavy atom. The average molecular weight is 443 g/mol. The van der Waals surface area contributed by atoms with Gasteiger partial charge < -0.3 is 4.57 Å². The van der Waals surface area contributed by atoms with E-state index in [-0.39, 0.29) is 11.8 Å². The van der Waals surface area contributed by atoms with Gasteiger partial charge in [-0.25, -0.2) is 17.8 Å². The van der Waals surface area contributed by atoms with Crippen molar-refractivity contribution in [1.82, 2.24) is 9.55 Å². The number of fused-ring (bicyclic) bond motifs is 1. The molecule has 29 heavy (non-hydrogen) atoms. The van der Waals surface area contributed by atoms with Crippen LogP contribution in [0.1, 0.15) is 5.56 Å². The molecule has 2 aromatic carbocycles. The van der Waals surface area contributed by atoms with Crippen LogP contribution in [-0.4, -0.2) is 23.7 Å².